The largest absolute Gasteiger partial charge is 0.447 e. The van der Waals surface area contributed by atoms with Gasteiger partial charge in [-0.1, -0.05) is 23.7 Å². The Balaban J connectivity index is 1.58. The molecule has 1 aromatic carbocycles. The quantitative estimate of drug-likeness (QED) is 0.412. The monoisotopic (exact) mass is 592 g/mol. The number of hydrogen-bond donors (Lipinski definition) is 1. The van der Waals surface area contributed by atoms with Crippen LogP contribution in [0.5, 0.6) is 0 Å². The molecule has 0 spiro atoms. The Labute approximate surface area is 251 Å². The Kier molecular flexibility index (Phi) is 9.25. The SMILES string of the molecule is COCCC(=O)NC(C1=Cc2cccnc2C(N2CCN(C(=O)OC(C)C)CC2)c2ccc(Cl)cc21)c1cncn1C. The highest BCUT2D eigenvalue weighted by Gasteiger charge is 2.36. The molecule has 1 fully saturated rings. The number of carbonyl (C=O) groups is 2. The summed E-state index contributed by atoms with van der Waals surface area (Å²) < 4.78 is 12.5. The van der Waals surface area contributed by atoms with Crippen LogP contribution in [-0.4, -0.2) is 82.3 Å². The number of methoxy groups -OCH3 is 1. The van der Waals surface area contributed by atoms with Crippen molar-refractivity contribution in [3.8, 4) is 0 Å². The Morgan fingerprint density at radius 1 is 1.17 bits per heavy atom. The van der Waals surface area contributed by atoms with Gasteiger partial charge in [-0.2, -0.15) is 0 Å². The summed E-state index contributed by atoms with van der Waals surface area (Å²) in [7, 11) is 3.49. The average molecular weight is 593 g/mol. The Morgan fingerprint density at radius 2 is 1.95 bits per heavy atom. The maximum atomic E-state index is 13.1. The smallest absolute Gasteiger partial charge is 0.410 e. The Bertz CT molecular complexity index is 1460. The number of rotatable bonds is 8. The minimum absolute atomic E-state index is 0.135. The molecule has 10 nitrogen and oxygen atoms in total. The van der Waals surface area contributed by atoms with Crippen LogP contribution in [0, 0.1) is 0 Å². The minimum atomic E-state index is -0.506. The molecule has 222 valence electrons. The number of halogens is 1. The van der Waals surface area contributed by atoms with Crippen LogP contribution in [0.15, 0.2) is 49.1 Å². The van der Waals surface area contributed by atoms with Crippen LogP contribution in [0.1, 0.15) is 60.4 Å². The predicted octanol–water partition coefficient (Wildman–Crippen LogP) is 4.47. The molecular weight excluding hydrogens is 556 g/mol. The van der Waals surface area contributed by atoms with Crippen molar-refractivity contribution in [2.24, 2.45) is 7.05 Å². The van der Waals surface area contributed by atoms with E-state index in [0.29, 0.717) is 37.8 Å². The molecule has 0 bridgehead atoms. The van der Waals surface area contributed by atoms with Crippen molar-refractivity contribution in [2.75, 3.05) is 39.9 Å². The van der Waals surface area contributed by atoms with Crippen molar-refractivity contribution in [3.63, 3.8) is 0 Å². The lowest BCUT2D eigenvalue weighted by Gasteiger charge is -2.39. The van der Waals surface area contributed by atoms with E-state index in [2.05, 4.69) is 21.3 Å². The molecule has 1 aliphatic carbocycles. The van der Waals surface area contributed by atoms with E-state index < -0.39 is 6.04 Å². The number of nitrogens with zero attached hydrogens (tertiary/aromatic N) is 5. The van der Waals surface area contributed by atoms with E-state index in [0.717, 1.165) is 33.7 Å². The van der Waals surface area contributed by atoms with Crippen LogP contribution in [-0.2, 0) is 21.3 Å². The summed E-state index contributed by atoms with van der Waals surface area (Å²) in [5.41, 5.74) is 5.52. The third-order valence-electron chi connectivity index (χ3n) is 7.64. The van der Waals surface area contributed by atoms with Gasteiger partial charge in [-0.15, -0.1) is 0 Å². The number of benzene rings is 1. The number of aryl methyl sites for hydroxylation is 1. The molecule has 3 heterocycles. The molecular formula is C31H37ClN6O4. The van der Waals surface area contributed by atoms with Crippen LogP contribution in [0.2, 0.25) is 5.02 Å². The fraction of sp³-hybridized carbons (Fsp3) is 0.419. The van der Waals surface area contributed by atoms with Gasteiger partial charge < -0.3 is 24.3 Å². The molecule has 42 heavy (non-hydrogen) atoms. The lowest BCUT2D eigenvalue weighted by molar-refractivity contribution is -0.122. The van der Waals surface area contributed by atoms with Crippen LogP contribution in [0.3, 0.4) is 0 Å². The second kappa shape index (κ2) is 13.1. The van der Waals surface area contributed by atoms with E-state index in [1.165, 1.54) is 0 Å². The van der Waals surface area contributed by atoms with Crippen LogP contribution in [0.4, 0.5) is 4.79 Å². The van der Waals surface area contributed by atoms with E-state index >= 15 is 0 Å². The van der Waals surface area contributed by atoms with Crippen molar-refractivity contribution in [1.29, 1.82) is 0 Å². The standard InChI is InChI=1S/C31H37ClN6O4/c1-20(2)42-31(40)38-13-11-37(12-14-38)30-23-8-7-22(32)17-24(23)25(16-21-6-5-10-34-28(21)30)29(26-18-33-19-36(26)3)35-27(39)9-15-41-4/h5-8,10,16-20,29-30H,9,11-15H2,1-4H3,(H,35,39). The lowest BCUT2D eigenvalue weighted by atomic mass is 9.89. The van der Waals surface area contributed by atoms with E-state index in [-0.39, 0.29) is 30.6 Å². The summed E-state index contributed by atoms with van der Waals surface area (Å²) in [5, 5.41) is 3.82. The molecule has 2 aromatic heterocycles. The summed E-state index contributed by atoms with van der Waals surface area (Å²) in [5.74, 6) is -0.135. The second-order valence-corrected chi connectivity index (χ2v) is 11.3. The van der Waals surface area contributed by atoms with E-state index in [1.54, 1.807) is 24.5 Å². The molecule has 2 aliphatic rings. The van der Waals surface area contributed by atoms with Gasteiger partial charge >= 0.3 is 6.09 Å². The number of piperazine rings is 1. The van der Waals surface area contributed by atoms with Crippen molar-refractivity contribution < 1.29 is 19.1 Å². The predicted molar refractivity (Wildman–Crippen MR) is 161 cm³/mol. The highest BCUT2D eigenvalue weighted by molar-refractivity contribution is 6.30. The summed E-state index contributed by atoms with van der Waals surface area (Å²) >= 11 is 6.63. The molecule has 5 rings (SSSR count). The third-order valence-corrected chi connectivity index (χ3v) is 7.87. The molecule has 1 saturated heterocycles. The number of nitrogens with one attached hydrogen (secondary N) is 1. The summed E-state index contributed by atoms with van der Waals surface area (Å²) in [6.07, 6.45) is 7.17. The molecule has 1 aliphatic heterocycles. The van der Waals surface area contributed by atoms with Gasteiger partial charge in [0.1, 0.15) is 0 Å². The van der Waals surface area contributed by atoms with E-state index in [9.17, 15) is 9.59 Å². The second-order valence-electron chi connectivity index (χ2n) is 10.8. The van der Waals surface area contributed by atoms with Crippen molar-refractivity contribution in [3.05, 3.63) is 82.2 Å². The Morgan fingerprint density at radius 3 is 2.64 bits per heavy atom. The number of hydrogen-bond acceptors (Lipinski definition) is 7. The molecule has 3 aromatic rings. The maximum Gasteiger partial charge on any atom is 0.410 e. The molecule has 11 heteroatoms. The normalized spacial score (nSPS) is 17.6. The van der Waals surface area contributed by atoms with Gasteiger partial charge in [0.15, 0.2) is 0 Å². The molecule has 1 N–H and O–H groups in total. The number of fused-ring (bicyclic) bond motifs is 2. The highest BCUT2D eigenvalue weighted by Crippen LogP contribution is 2.44. The molecule has 0 radical (unpaired) electrons. The van der Waals surface area contributed by atoms with Crippen molar-refractivity contribution in [1.82, 2.24) is 29.7 Å². The number of amides is 2. The zero-order chi connectivity index (χ0) is 29.8. The van der Waals surface area contributed by atoms with Crippen molar-refractivity contribution in [2.45, 2.75) is 38.5 Å². The van der Waals surface area contributed by atoms with E-state index in [1.807, 2.05) is 62.0 Å². The average Bonchev–Trinajstić information content (AvgIpc) is 3.34. The van der Waals surface area contributed by atoms with Gasteiger partial charge in [-0.05, 0) is 60.4 Å². The first-order valence-corrected chi connectivity index (χ1v) is 14.5. The minimum Gasteiger partial charge on any atom is -0.447 e. The Hall–Kier alpha value is -3.73. The van der Waals surface area contributed by atoms with Gasteiger partial charge in [0.25, 0.3) is 0 Å². The highest BCUT2D eigenvalue weighted by atomic mass is 35.5. The summed E-state index contributed by atoms with van der Waals surface area (Å²) in [6.45, 7) is 6.40. The number of imidazole rings is 1. The number of ether oxygens (including phenoxy) is 2. The molecule has 2 atom stereocenters. The molecule has 2 unspecified atom stereocenters. The van der Waals surface area contributed by atoms with Crippen LogP contribution < -0.4 is 5.32 Å². The van der Waals surface area contributed by atoms with Crippen LogP contribution in [0.25, 0.3) is 11.6 Å². The maximum absolute atomic E-state index is 13.1. The fourth-order valence-corrected chi connectivity index (χ4v) is 5.79. The fourth-order valence-electron chi connectivity index (χ4n) is 5.62. The van der Waals surface area contributed by atoms with Gasteiger partial charge in [-0.25, -0.2) is 9.78 Å². The lowest BCUT2D eigenvalue weighted by Crippen LogP contribution is -2.50. The first-order chi connectivity index (χ1) is 20.3. The number of aromatic nitrogens is 3. The number of pyridine rings is 1. The first-order valence-electron chi connectivity index (χ1n) is 14.2. The zero-order valence-corrected chi connectivity index (χ0v) is 25.2. The zero-order valence-electron chi connectivity index (χ0n) is 24.4. The van der Waals surface area contributed by atoms with E-state index in [4.69, 9.17) is 26.1 Å². The third kappa shape index (κ3) is 6.35. The molecule has 2 amide bonds. The van der Waals surface area contributed by atoms with Crippen molar-refractivity contribution >= 4 is 35.3 Å². The van der Waals surface area contributed by atoms with Gasteiger partial charge in [0, 0.05) is 58.0 Å². The topological polar surface area (TPSA) is 102 Å². The van der Waals surface area contributed by atoms with Gasteiger partial charge in [0.05, 0.1) is 48.7 Å². The van der Waals surface area contributed by atoms with Gasteiger partial charge in [0.2, 0.25) is 5.91 Å². The van der Waals surface area contributed by atoms with Gasteiger partial charge in [-0.3, -0.25) is 14.7 Å². The summed E-state index contributed by atoms with van der Waals surface area (Å²) in [4.78, 5) is 39.0. The number of carbonyl (C=O) groups excluding carboxylic acids is 2. The molecule has 0 saturated carbocycles. The first kappa shape index (κ1) is 29.8. The summed E-state index contributed by atoms with van der Waals surface area (Å²) in [6, 6.07) is 9.17. The van der Waals surface area contributed by atoms with Crippen LogP contribution >= 0.6 is 11.6 Å².